The molecule has 1 heterocycles. The third-order valence-electron chi connectivity index (χ3n) is 4.21. The topological polar surface area (TPSA) is 166 Å². The van der Waals surface area contributed by atoms with Gasteiger partial charge >= 0.3 is 0 Å². The average molecular weight is 479 g/mol. The predicted octanol–water partition coefficient (Wildman–Crippen LogP) is 2.32. The van der Waals surface area contributed by atoms with Gasteiger partial charge in [0.05, 0.1) is 27.5 Å². The van der Waals surface area contributed by atoms with Crippen molar-refractivity contribution in [1.29, 1.82) is 0 Å². The lowest BCUT2D eigenvalue weighted by molar-refractivity contribution is -0.385. The van der Waals surface area contributed by atoms with Crippen LogP contribution >= 0.6 is 0 Å². The van der Waals surface area contributed by atoms with E-state index in [1.54, 1.807) is 12.1 Å². The van der Waals surface area contributed by atoms with Crippen molar-refractivity contribution in [1.82, 2.24) is 4.72 Å². The fourth-order valence-electron chi connectivity index (χ4n) is 2.64. The summed E-state index contributed by atoms with van der Waals surface area (Å²) in [6, 6.07) is 11.3. The molecule has 1 amide bonds. The van der Waals surface area contributed by atoms with Crippen LogP contribution in [0.4, 0.5) is 11.4 Å². The minimum absolute atomic E-state index is 0.0755. The fourth-order valence-corrected chi connectivity index (χ4v) is 4.36. The van der Waals surface area contributed by atoms with Gasteiger partial charge in [0, 0.05) is 29.6 Å². The molecule has 0 bridgehead atoms. The van der Waals surface area contributed by atoms with Crippen LogP contribution in [0.2, 0.25) is 0 Å². The lowest BCUT2D eigenvalue weighted by Gasteiger charge is -2.10. The third kappa shape index (κ3) is 5.57. The number of nitrogens with one attached hydrogen (secondary N) is 2. The summed E-state index contributed by atoms with van der Waals surface area (Å²) >= 11 is 0. The van der Waals surface area contributed by atoms with Crippen molar-refractivity contribution in [2.75, 3.05) is 11.6 Å². The number of benzene rings is 2. The molecule has 3 rings (SSSR count). The maximum absolute atomic E-state index is 12.6. The van der Waals surface area contributed by atoms with Crippen molar-refractivity contribution in [3.63, 3.8) is 0 Å². The number of furan rings is 1. The summed E-state index contributed by atoms with van der Waals surface area (Å²) < 4.78 is 56.1. The first-order valence-electron chi connectivity index (χ1n) is 8.89. The monoisotopic (exact) mass is 479 g/mol. The van der Waals surface area contributed by atoms with Crippen LogP contribution in [-0.2, 0) is 26.4 Å². The molecule has 0 radical (unpaired) electrons. The first-order valence-corrected chi connectivity index (χ1v) is 12.3. The Bertz CT molecular complexity index is 1380. The summed E-state index contributed by atoms with van der Waals surface area (Å²) in [6.45, 7) is -0.0755. The van der Waals surface area contributed by atoms with Gasteiger partial charge in [-0.2, -0.15) is 0 Å². The van der Waals surface area contributed by atoms with Crippen LogP contribution in [0.3, 0.4) is 0 Å². The highest BCUT2D eigenvalue weighted by atomic mass is 32.2. The Kier molecular flexibility index (Phi) is 6.43. The normalized spacial score (nSPS) is 11.8. The van der Waals surface area contributed by atoms with Gasteiger partial charge in [-0.1, -0.05) is 6.07 Å². The van der Waals surface area contributed by atoms with Crippen molar-refractivity contribution < 1.29 is 31.0 Å². The average Bonchev–Trinajstić information content (AvgIpc) is 3.25. The molecule has 0 saturated heterocycles. The Morgan fingerprint density at radius 2 is 1.78 bits per heavy atom. The molecule has 0 aliphatic heterocycles. The van der Waals surface area contributed by atoms with E-state index in [0.29, 0.717) is 5.76 Å². The third-order valence-corrected chi connectivity index (χ3v) is 6.70. The number of nitro groups is 1. The number of nitrogens with zero attached hydrogens (tertiary/aromatic N) is 1. The molecule has 168 valence electrons. The molecule has 0 spiro atoms. The Morgan fingerprint density at radius 3 is 2.41 bits per heavy atom. The van der Waals surface area contributed by atoms with E-state index in [1.165, 1.54) is 30.5 Å². The van der Waals surface area contributed by atoms with Crippen molar-refractivity contribution in [3.05, 3.63) is 82.3 Å². The molecular formula is C19H17N3O8S2. The first kappa shape index (κ1) is 23.1. The van der Waals surface area contributed by atoms with E-state index < -0.39 is 41.3 Å². The van der Waals surface area contributed by atoms with Gasteiger partial charge in [-0.15, -0.1) is 0 Å². The number of sulfone groups is 1. The second kappa shape index (κ2) is 8.90. The first-order chi connectivity index (χ1) is 15.0. The number of hydrogen-bond acceptors (Lipinski definition) is 8. The Morgan fingerprint density at radius 1 is 1.03 bits per heavy atom. The summed E-state index contributed by atoms with van der Waals surface area (Å²) in [6.07, 6.45) is 2.26. The molecular weight excluding hydrogens is 462 g/mol. The van der Waals surface area contributed by atoms with Gasteiger partial charge in [-0.05, 0) is 36.4 Å². The van der Waals surface area contributed by atoms with Gasteiger partial charge in [-0.25, -0.2) is 21.6 Å². The quantitative estimate of drug-likeness (QED) is 0.367. The van der Waals surface area contributed by atoms with Crippen molar-refractivity contribution >= 4 is 37.1 Å². The molecule has 0 aliphatic rings. The van der Waals surface area contributed by atoms with E-state index in [-0.39, 0.29) is 22.7 Å². The van der Waals surface area contributed by atoms with Crippen LogP contribution in [-0.4, -0.2) is 33.9 Å². The van der Waals surface area contributed by atoms with Gasteiger partial charge in [0.25, 0.3) is 11.6 Å². The van der Waals surface area contributed by atoms with Gasteiger partial charge in [0.1, 0.15) is 5.76 Å². The van der Waals surface area contributed by atoms with E-state index in [1.807, 2.05) is 0 Å². The van der Waals surface area contributed by atoms with E-state index in [4.69, 9.17) is 4.42 Å². The summed E-state index contributed by atoms with van der Waals surface area (Å²) in [5.74, 6) is -0.443. The highest BCUT2D eigenvalue weighted by Gasteiger charge is 2.20. The molecule has 2 N–H and O–H groups in total. The van der Waals surface area contributed by atoms with E-state index in [0.717, 1.165) is 24.5 Å². The highest BCUT2D eigenvalue weighted by Crippen LogP contribution is 2.23. The maximum Gasteiger partial charge on any atom is 0.271 e. The standard InChI is InChI=1S/C19H17N3O8S2/c1-31(26,27)18-9-13(8-15(11-18)22(24)25)19(23)21-14-4-2-6-17(10-14)32(28,29)20-12-16-5-3-7-30-16/h2-11,20H,12H2,1H3,(H,21,23). The molecule has 0 atom stereocenters. The maximum atomic E-state index is 12.6. The van der Waals surface area contributed by atoms with Crippen LogP contribution in [0.15, 0.2) is 75.1 Å². The van der Waals surface area contributed by atoms with E-state index in [9.17, 15) is 31.7 Å². The number of nitro benzene ring substituents is 1. The summed E-state index contributed by atoms with van der Waals surface area (Å²) in [7, 11) is -7.75. The second-order valence-electron chi connectivity index (χ2n) is 6.63. The van der Waals surface area contributed by atoms with Gasteiger partial charge < -0.3 is 9.73 Å². The second-order valence-corrected chi connectivity index (χ2v) is 10.4. The van der Waals surface area contributed by atoms with Gasteiger partial charge in [0.2, 0.25) is 10.0 Å². The predicted molar refractivity (Wildman–Crippen MR) is 113 cm³/mol. The molecule has 1 aromatic heterocycles. The Hall–Kier alpha value is -3.55. The smallest absolute Gasteiger partial charge is 0.271 e. The molecule has 32 heavy (non-hydrogen) atoms. The van der Waals surface area contributed by atoms with Crippen molar-refractivity contribution in [2.24, 2.45) is 0 Å². The molecule has 11 nitrogen and oxygen atoms in total. The molecule has 0 aliphatic carbocycles. The SMILES string of the molecule is CS(=O)(=O)c1cc(C(=O)Nc2cccc(S(=O)(=O)NCc3ccco3)c2)cc([N+](=O)[O-])c1. The number of non-ortho nitro benzene ring substituents is 1. The Balaban J connectivity index is 1.84. The zero-order valence-corrected chi connectivity index (χ0v) is 18.1. The summed E-state index contributed by atoms with van der Waals surface area (Å²) in [5, 5.41) is 13.5. The molecule has 0 fully saturated rings. The minimum Gasteiger partial charge on any atom is -0.468 e. The highest BCUT2D eigenvalue weighted by molar-refractivity contribution is 7.90. The van der Waals surface area contributed by atoms with E-state index in [2.05, 4.69) is 10.0 Å². The fraction of sp³-hybridized carbons (Fsp3) is 0.105. The lowest BCUT2D eigenvalue weighted by atomic mass is 10.2. The zero-order chi connectivity index (χ0) is 23.5. The number of carbonyl (C=O) groups excluding carboxylic acids is 1. The molecule has 13 heteroatoms. The number of sulfonamides is 1. The van der Waals surface area contributed by atoms with Crippen LogP contribution in [0.1, 0.15) is 16.1 Å². The Labute approximate surface area is 183 Å². The zero-order valence-electron chi connectivity index (χ0n) is 16.5. The lowest BCUT2D eigenvalue weighted by Crippen LogP contribution is -2.23. The van der Waals surface area contributed by atoms with Crippen LogP contribution in [0, 0.1) is 10.1 Å². The number of amides is 1. The van der Waals surface area contributed by atoms with Crippen LogP contribution < -0.4 is 10.0 Å². The van der Waals surface area contributed by atoms with Gasteiger partial charge in [-0.3, -0.25) is 14.9 Å². The molecule has 0 saturated carbocycles. The molecule has 3 aromatic rings. The number of anilines is 1. The van der Waals surface area contributed by atoms with Crippen LogP contribution in [0.5, 0.6) is 0 Å². The number of carbonyl (C=O) groups is 1. The largest absolute Gasteiger partial charge is 0.468 e. The van der Waals surface area contributed by atoms with Crippen molar-refractivity contribution in [3.8, 4) is 0 Å². The number of rotatable bonds is 8. The van der Waals surface area contributed by atoms with Crippen molar-refractivity contribution in [2.45, 2.75) is 16.3 Å². The molecule has 0 unspecified atom stereocenters. The summed E-state index contributed by atoms with van der Waals surface area (Å²) in [4.78, 5) is 22.4. The van der Waals surface area contributed by atoms with Gasteiger partial charge in [0.15, 0.2) is 9.84 Å². The van der Waals surface area contributed by atoms with Crippen LogP contribution in [0.25, 0.3) is 0 Å². The molecule has 2 aromatic carbocycles. The minimum atomic E-state index is -3.93. The summed E-state index contributed by atoms with van der Waals surface area (Å²) in [5.41, 5.74) is -0.761. The van der Waals surface area contributed by atoms with E-state index >= 15 is 0 Å². The number of hydrogen-bond donors (Lipinski definition) is 2.